The third kappa shape index (κ3) is 2.18. The van der Waals surface area contributed by atoms with Crippen LogP contribution in [0.2, 0.25) is 0 Å². The van der Waals surface area contributed by atoms with Crippen molar-refractivity contribution in [2.24, 2.45) is 5.92 Å². The van der Waals surface area contributed by atoms with Gasteiger partial charge in [0, 0.05) is 12.0 Å². The molecule has 1 aromatic rings. The predicted molar refractivity (Wildman–Crippen MR) is 63.2 cm³/mol. The number of carboxylic acid groups (broad SMARTS) is 1. The molecule has 6 heteroatoms. The first-order chi connectivity index (χ1) is 8.16. The lowest BCUT2D eigenvalue weighted by Crippen LogP contribution is -2.04. The van der Waals surface area contributed by atoms with Gasteiger partial charge in [0.15, 0.2) is 5.16 Å². The van der Waals surface area contributed by atoms with E-state index in [0.29, 0.717) is 17.9 Å². The van der Waals surface area contributed by atoms with E-state index in [0.717, 1.165) is 11.0 Å². The molecule has 2 aliphatic carbocycles. The molecule has 2 atom stereocenters. The molecule has 2 saturated carbocycles. The molecule has 1 N–H and O–H groups in total. The minimum Gasteiger partial charge on any atom is -0.481 e. The summed E-state index contributed by atoms with van der Waals surface area (Å²) in [6.07, 6.45) is 3.54. The minimum atomic E-state index is -0.804. The summed E-state index contributed by atoms with van der Waals surface area (Å²) in [6.45, 7) is 2.22. The van der Waals surface area contributed by atoms with Gasteiger partial charge in [0.2, 0.25) is 0 Å². The Bertz CT molecular complexity index is 456. The number of carbonyl (C=O) groups is 1. The summed E-state index contributed by atoms with van der Waals surface area (Å²) < 4.78 is 2.18. The highest BCUT2D eigenvalue weighted by Gasteiger charge is 2.41. The zero-order chi connectivity index (χ0) is 12.0. The van der Waals surface area contributed by atoms with Crippen molar-refractivity contribution < 1.29 is 9.90 Å². The summed E-state index contributed by atoms with van der Waals surface area (Å²) in [7, 11) is 0. The summed E-state index contributed by atoms with van der Waals surface area (Å²) in [5.74, 6) is 1.58. The molecule has 2 aliphatic rings. The third-order valence-corrected chi connectivity index (χ3v) is 4.30. The number of nitrogens with zero attached hydrogens (tertiary/aromatic N) is 3. The average molecular weight is 253 g/mol. The number of aliphatic carboxylic acids is 1. The van der Waals surface area contributed by atoms with Gasteiger partial charge in [-0.15, -0.1) is 10.2 Å². The first-order valence-corrected chi connectivity index (χ1v) is 6.94. The third-order valence-electron chi connectivity index (χ3n) is 3.37. The van der Waals surface area contributed by atoms with Crippen LogP contribution in [0.4, 0.5) is 0 Å². The quantitative estimate of drug-likeness (QED) is 0.812. The zero-order valence-corrected chi connectivity index (χ0v) is 10.5. The lowest BCUT2D eigenvalue weighted by molar-refractivity contribution is -0.133. The van der Waals surface area contributed by atoms with Crippen LogP contribution in [0.25, 0.3) is 0 Å². The lowest BCUT2D eigenvalue weighted by atomic mass is 10.3. The molecule has 1 aromatic heterocycles. The molecule has 3 rings (SSSR count). The van der Waals surface area contributed by atoms with Crippen LogP contribution in [-0.2, 0) is 4.79 Å². The normalized spacial score (nSPS) is 27.1. The zero-order valence-electron chi connectivity index (χ0n) is 9.67. The molecular formula is C11H15N3O2S. The SMILES string of the molecule is CC1CC1c1nnc(SCC(=O)O)n1C1CC1. The number of thioether (sulfide) groups is 1. The molecule has 17 heavy (non-hydrogen) atoms. The van der Waals surface area contributed by atoms with Gasteiger partial charge in [-0.3, -0.25) is 4.79 Å². The van der Waals surface area contributed by atoms with Crippen molar-refractivity contribution in [3.05, 3.63) is 5.82 Å². The Morgan fingerprint density at radius 1 is 1.53 bits per heavy atom. The van der Waals surface area contributed by atoms with Gasteiger partial charge < -0.3 is 9.67 Å². The van der Waals surface area contributed by atoms with Crippen molar-refractivity contribution in [1.29, 1.82) is 0 Å². The van der Waals surface area contributed by atoms with Crippen LogP contribution in [0.1, 0.15) is 44.0 Å². The van der Waals surface area contributed by atoms with Crippen LogP contribution in [0.15, 0.2) is 5.16 Å². The van der Waals surface area contributed by atoms with Crippen molar-refractivity contribution in [2.45, 2.75) is 43.3 Å². The summed E-state index contributed by atoms with van der Waals surface area (Å²) in [5, 5.41) is 17.9. The summed E-state index contributed by atoms with van der Waals surface area (Å²) >= 11 is 1.28. The molecule has 0 amide bonds. The standard InChI is InChI=1S/C11H15N3O2S/c1-6-4-8(6)10-12-13-11(17-5-9(15)16)14(10)7-2-3-7/h6-8H,2-5H2,1H3,(H,15,16). The second kappa shape index (κ2) is 4.01. The van der Waals surface area contributed by atoms with Crippen LogP contribution in [0.3, 0.4) is 0 Å². The Morgan fingerprint density at radius 3 is 2.76 bits per heavy atom. The Balaban J connectivity index is 1.82. The number of hydrogen-bond acceptors (Lipinski definition) is 4. The molecule has 5 nitrogen and oxygen atoms in total. The van der Waals surface area contributed by atoms with E-state index in [1.807, 2.05) is 0 Å². The average Bonchev–Trinajstić information content (AvgIpc) is 3.18. The summed E-state index contributed by atoms with van der Waals surface area (Å²) in [5.41, 5.74) is 0. The number of carboxylic acids is 1. The number of rotatable bonds is 5. The van der Waals surface area contributed by atoms with Crippen LogP contribution in [-0.4, -0.2) is 31.6 Å². The van der Waals surface area contributed by atoms with Crippen LogP contribution in [0, 0.1) is 5.92 Å². The van der Waals surface area contributed by atoms with E-state index >= 15 is 0 Å². The molecule has 1 heterocycles. The van der Waals surface area contributed by atoms with Crippen molar-refractivity contribution in [1.82, 2.24) is 14.8 Å². The first-order valence-electron chi connectivity index (χ1n) is 5.96. The van der Waals surface area contributed by atoms with Crippen molar-refractivity contribution in [2.75, 3.05) is 5.75 Å². The molecule has 0 radical (unpaired) electrons. The van der Waals surface area contributed by atoms with Crippen LogP contribution < -0.4 is 0 Å². The molecule has 0 aliphatic heterocycles. The van der Waals surface area contributed by atoms with E-state index in [1.54, 1.807) is 0 Å². The summed E-state index contributed by atoms with van der Waals surface area (Å²) in [6, 6.07) is 0.518. The maximum absolute atomic E-state index is 10.6. The predicted octanol–water partition coefficient (Wildman–Crippen LogP) is 1.91. The Kier molecular flexibility index (Phi) is 2.61. The van der Waals surface area contributed by atoms with Gasteiger partial charge in [0.25, 0.3) is 0 Å². The molecule has 0 bridgehead atoms. The van der Waals surface area contributed by atoms with Gasteiger partial charge in [-0.2, -0.15) is 0 Å². The fourth-order valence-corrected chi connectivity index (χ4v) is 2.86. The van der Waals surface area contributed by atoms with Crippen LogP contribution >= 0.6 is 11.8 Å². The first kappa shape index (κ1) is 11.1. The van der Waals surface area contributed by atoms with Gasteiger partial charge >= 0.3 is 5.97 Å². The van der Waals surface area contributed by atoms with Gasteiger partial charge in [0.1, 0.15) is 5.82 Å². The highest BCUT2D eigenvalue weighted by molar-refractivity contribution is 7.99. The number of hydrogen-bond donors (Lipinski definition) is 1. The van der Waals surface area contributed by atoms with E-state index < -0.39 is 5.97 Å². The Labute approximate surface area is 104 Å². The molecule has 0 saturated heterocycles. The van der Waals surface area contributed by atoms with Crippen molar-refractivity contribution in [3.8, 4) is 0 Å². The van der Waals surface area contributed by atoms with Gasteiger partial charge in [-0.1, -0.05) is 18.7 Å². The fourth-order valence-electron chi connectivity index (χ4n) is 2.12. The van der Waals surface area contributed by atoms with Gasteiger partial charge in [-0.05, 0) is 25.2 Å². The van der Waals surface area contributed by atoms with E-state index in [-0.39, 0.29) is 5.75 Å². The number of aromatic nitrogens is 3. The van der Waals surface area contributed by atoms with E-state index in [9.17, 15) is 4.79 Å². The van der Waals surface area contributed by atoms with E-state index in [4.69, 9.17) is 5.11 Å². The summed E-state index contributed by atoms with van der Waals surface area (Å²) in [4.78, 5) is 10.6. The highest BCUT2D eigenvalue weighted by atomic mass is 32.2. The van der Waals surface area contributed by atoms with E-state index in [2.05, 4.69) is 21.7 Å². The molecule has 92 valence electrons. The Morgan fingerprint density at radius 2 is 2.24 bits per heavy atom. The van der Waals surface area contributed by atoms with Gasteiger partial charge in [0.05, 0.1) is 5.75 Å². The maximum atomic E-state index is 10.6. The topological polar surface area (TPSA) is 68.0 Å². The lowest BCUT2D eigenvalue weighted by Gasteiger charge is -2.07. The second-order valence-corrected chi connectivity index (χ2v) is 5.89. The molecule has 0 aromatic carbocycles. The highest BCUT2D eigenvalue weighted by Crippen LogP contribution is 2.49. The molecular weight excluding hydrogens is 238 g/mol. The molecule has 2 fully saturated rings. The van der Waals surface area contributed by atoms with Crippen molar-refractivity contribution in [3.63, 3.8) is 0 Å². The Hall–Kier alpha value is -1.04. The second-order valence-electron chi connectivity index (χ2n) is 4.94. The molecule has 0 spiro atoms. The monoisotopic (exact) mass is 253 g/mol. The van der Waals surface area contributed by atoms with Crippen molar-refractivity contribution >= 4 is 17.7 Å². The fraction of sp³-hybridized carbons (Fsp3) is 0.727. The minimum absolute atomic E-state index is 0.0606. The van der Waals surface area contributed by atoms with Gasteiger partial charge in [-0.25, -0.2) is 0 Å². The molecule has 2 unspecified atom stereocenters. The van der Waals surface area contributed by atoms with E-state index in [1.165, 1.54) is 31.0 Å². The smallest absolute Gasteiger partial charge is 0.313 e. The van der Waals surface area contributed by atoms with Crippen LogP contribution in [0.5, 0.6) is 0 Å². The maximum Gasteiger partial charge on any atom is 0.313 e. The largest absolute Gasteiger partial charge is 0.481 e.